The van der Waals surface area contributed by atoms with Crippen LogP contribution >= 0.6 is 11.6 Å². The SMILES string of the molecule is CC(C)(C)OC(=O)c1nc2cc(NC(=O)[C@H](Cc3ccccc3)NC(=O)C(=O)Nc3cc(Cl)ccc3-n3cnnn3)ccc2[nH]1. The number of esters is 1. The Labute approximate surface area is 261 Å². The molecule has 14 nitrogen and oxygen atoms in total. The first kappa shape index (κ1) is 30.8. The van der Waals surface area contributed by atoms with Gasteiger partial charge in [-0.3, -0.25) is 14.4 Å². The van der Waals surface area contributed by atoms with E-state index in [0.717, 1.165) is 5.56 Å². The Morgan fingerprint density at radius 1 is 0.978 bits per heavy atom. The zero-order valence-electron chi connectivity index (χ0n) is 24.4. The Morgan fingerprint density at radius 2 is 1.76 bits per heavy atom. The first-order valence-electron chi connectivity index (χ1n) is 13.7. The summed E-state index contributed by atoms with van der Waals surface area (Å²) in [6.45, 7) is 5.25. The van der Waals surface area contributed by atoms with E-state index in [2.05, 4.69) is 41.4 Å². The lowest BCUT2D eigenvalue weighted by Crippen LogP contribution is -2.49. The molecule has 0 saturated heterocycles. The fourth-order valence-corrected chi connectivity index (χ4v) is 4.45. The number of nitrogens with one attached hydrogen (secondary N) is 4. The van der Waals surface area contributed by atoms with Crippen molar-refractivity contribution >= 4 is 57.7 Å². The predicted molar refractivity (Wildman–Crippen MR) is 165 cm³/mol. The molecule has 5 aromatic rings. The molecular weight excluding hydrogens is 602 g/mol. The summed E-state index contributed by atoms with van der Waals surface area (Å²) in [5, 5.41) is 19.1. The van der Waals surface area contributed by atoms with Crippen LogP contribution in [-0.4, -0.2) is 65.5 Å². The normalized spacial score (nSPS) is 11.9. The monoisotopic (exact) mass is 629 g/mol. The number of aromatic amines is 1. The van der Waals surface area contributed by atoms with Gasteiger partial charge in [-0.15, -0.1) is 5.10 Å². The van der Waals surface area contributed by atoms with Gasteiger partial charge in [-0.2, -0.15) is 4.68 Å². The van der Waals surface area contributed by atoms with Gasteiger partial charge in [0.2, 0.25) is 11.7 Å². The molecule has 1 atom stereocenters. The molecule has 2 heterocycles. The van der Waals surface area contributed by atoms with Crippen molar-refractivity contribution in [3.8, 4) is 5.69 Å². The number of carbonyl (C=O) groups is 4. The number of ether oxygens (including phenoxy) is 1. The second-order valence-electron chi connectivity index (χ2n) is 10.9. The van der Waals surface area contributed by atoms with E-state index >= 15 is 0 Å². The molecule has 0 bridgehead atoms. The van der Waals surface area contributed by atoms with Crippen LogP contribution in [0.4, 0.5) is 11.4 Å². The Hall–Kier alpha value is -5.63. The number of imidazole rings is 1. The van der Waals surface area contributed by atoms with E-state index in [1.165, 1.54) is 17.1 Å². The first-order valence-corrected chi connectivity index (χ1v) is 14.1. The van der Waals surface area contributed by atoms with Crippen LogP contribution in [0.5, 0.6) is 0 Å². The molecule has 0 unspecified atom stereocenters. The molecule has 230 valence electrons. The van der Waals surface area contributed by atoms with E-state index in [1.807, 2.05) is 6.07 Å². The minimum atomic E-state index is -1.14. The van der Waals surface area contributed by atoms with E-state index in [9.17, 15) is 19.2 Å². The molecule has 15 heteroatoms. The van der Waals surface area contributed by atoms with Crippen molar-refractivity contribution in [3.63, 3.8) is 0 Å². The molecule has 3 amide bonds. The molecule has 0 aliphatic heterocycles. The molecule has 0 saturated carbocycles. The van der Waals surface area contributed by atoms with Crippen molar-refractivity contribution in [1.82, 2.24) is 35.5 Å². The van der Waals surface area contributed by atoms with Crippen LogP contribution < -0.4 is 16.0 Å². The Bertz CT molecular complexity index is 1870. The topological polar surface area (TPSA) is 186 Å². The number of tetrazole rings is 1. The molecule has 2 aromatic heterocycles. The highest BCUT2D eigenvalue weighted by atomic mass is 35.5. The second-order valence-corrected chi connectivity index (χ2v) is 11.3. The van der Waals surface area contributed by atoms with E-state index in [-0.39, 0.29) is 17.9 Å². The molecule has 0 aliphatic rings. The molecular formula is C30H28ClN9O5. The van der Waals surface area contributed by atoms with Gasteiger partial charge in [-0.1, -0.05) is 41.9 Å². The van der Waals surface area contributed by atoms with Crippen molar-refractivity contribution in [2.24, 2.45) is 0 Å². The maximum atomic E-state index is 13.5. The van der Waals surface area contributed by atoms with Crippen molar-refractivity contribution in [1.29, 1.82) is 0 Å². The van der Waals surface area contributed by atoms with Gasteiger partial charge >= 0.3 is 17.8 Å². The number of aromatic nitrogens is 6. The largest absolute Gasteiger partial charge is 0.454 e. The molecule has 3 aromatic carbocycles. The smallest absolute Gasteiger partial charge is 0.374 e. The third-order valence-corrected chi connectivity index (χ3v) is 6.49. The van der Waals surface area contributed by atoms with Crippen LogP contribution in [0.1, 0.15) is 37.0 Å². The van der Waals surface area contributed by atoms with E-state index in [0.29, 0.717) is 27.4 Å². The average Bonchev–Trinajstić information content (AvgIpc) is 3.67. The van der Waals surface area contributed by atoms with Gasteiger partial charge in [0.1, 0.15) is 18.0 Å². The molecule has 4 N–H and O–H groups in total. The van der Waals surface area contributed by atoms with Crippen LogP contribution in [0.2, 0.25) is 5.02 Å². The number of rotatable bonds is 8. The Kier molecular flexibility index (Phi) is 8.86. The molecule has 0 fully saturated rings. The van der Waals surface area contributed by atoms with Crippen LogP contribution in [0.3, 0.4) is 0 Å². The summed E-state index contributed by atoms with van der Waals surface area (Å²) in [6.07, 6.45) is 1.41. The maximum Gasteiger partial charge on any atom is 0.374 e. The highest BCUT2D eigenvalue weighted by Gasteiger charge is 2.26. The number of H-pyrrole nitrogens is 1. The highest BCUT2D eigenvalue weighted by Crippen LogP contribution is 2.24. The second kappa shape index (κ2) is 12.9. The van der Waals surface area contributed by atoms with E-state index in [1.54, 1.807) is 75.4 Å². The average molecular weight is 630 g/mol. The zero-order valence-corrected chi connectivity index (χ0v) is 25.1. The van der Waals surface area contributed by atoms with Gasteiger partial charge in [0, 0.05) is 17.1 Å². The van der Waals surface area contributed by atoms with Crippen LogP contribution in [-0.2, 0) is 25.5 Å². The number of hydrogen-bond donors (Lipinski definition) is 4. The maximum absolute atomic E-state index is 13.5. The lowest BCUT2D eigenvalue weighted by atomic mass is 10.0. The number of nitrogens with zero attached hydrogens (tertiary/aromatic N) is 5. The fourth-order valence-electron chi connectivity index (χ4n) is 4.28. The van der Waals surface area contributed by atoms with Gasteiger partial charge in [-0.05, 0) is 73.2 Å². The summed E-state index contributed by atoms with van der Waals surface area (Å²) in [5.41, 5.74) is 1.92. The van der Waals surface area contributed by atoms with Gasteiger partial charge < -0.3 is 25.7 Å². The lowest BCUT2D eigenvalue weighted by molar-refractivity contribution is -0.137. The summed E-state index contributed by atoms with van der Waals surface area (Å²) >= 11 is 6.12. The van der Waals surface area contributed by atoms with Crippen molar-refractivity contribution in [3.05, 3.63) is 89.5 Å². The molecule has 45 heavy (non-hydrogen) atoms. The van der Waals surface area contributed by atoms with Crippen LogP contribution in [0.25, 0.3) is 16.7 Å². The number of anilines is 2. The third-order valence-electron chi connectivity index (χ3n) is 6.26. The molecule has 0 aliphatic carbocycles. The number of hydrogen-bond acceptors (Lipinski definition) is 9. The van der Waals surface area contributed by atoms with Gasteiger partial charge in [0.15, 0.2) is 0 Å². The zero-order chi connectivity index (χ0) is 32.1. The van der Waals surface area contributed by atoms with Gasteiger partial charge in [0.05, 0.1) is 22.4 Å². The Morgan fingerprint density at radius 3 is 2.47 bits per heavy atom. The summed E-state index contributed by atoms with van der Waals surface area (Å²) in [4.78, 5) is 59.2. The first-order chi connectivity index (χ1) is 21.4. The number of benzene rings is 3. The van der Waals surface area contributed by atoms with Crippen LogP contribution in [0.15, 0.2) is 73.1 Å². The Balaban J connectivity index is 1.33. The molecule has 0 radical (unpaired) electrons. The van der Waals surface area contributed by atoms with Crippen molar-refractivity contribution in [2.75, 3.05) is 10.6 Å². The minimum Gasteiger partial charge on any atom is -0.454 e. The van der Waals surface area contributed by atoms with E-state index in [4.69, 9.17) is 16.3 Å². The fraction of sp³-hybridized carbons (Fsp3) is 0.200. The predicted octanol–water partition coefficient (Wildman–Crippen LogP) is 3.45. The summed E-state index contributed by atoms with van der Waals surface area (Å²) in [6, 6.07) is 17.3. The van der Waals surface area contributed by atoms with Gasteiger partial charge in [-0.25, -0.2) is 9.78 Å². The number of halogens is 1. The number of fused-ring (bicyclic) bond motifs is 1. The molecule has 0 spiro atoms. The number of amides is 3. The highest BCUT2D eigenvalue weighted by molar-refractivity contribution is 6.40. The molecule has 5 rings (SSSR count). The van der Waals surface area contributed by atoms with Gasteiger partial charge in [0.25, 0.3) is 0 Å². The van der Waals surface area contributed by atoms with Crippen molar-refractivity contribution in [2.45, 2.75) is 38.8 Å². The number of carbonyl (C=O) groups excluding carboxylic acids is 4. The standard InChI is InChI=1S/C30H28ClN9O5/c1-30(2,3)45-29(44)25-34-20-11-10-19(15-21(20)35-25)33-26(41)23(13-17-7-5-4-6-8-17)37-28(43)27(42)36-22-14-18(31)9-12-24(22)40-16-32-38-39-40/h4-12,14-16,23H,13H2,1-3H3,(H,33,41)(H,34,35)(H,36,42)(H,37,43)/t23-/m0/s1. The minimum absolute atomic E-state index is 0.0200. The van der Waals surface area contributed by atoms with Crippen molar-refractivity contribution < 1.29 is 23.9 Å². The van der Waals surface area contributed by atoms with Crippen LogP contribution in [0, 0.1) is 0 Å². The summed E-state index contributed by atoms with van der Waals surface area (Å²) < 4.78 is 6.66. The third kappa shape index (κ3) is 7.86. The summed E-state index contributed by atoms with van der Waals surface area (Å²) in [5.74, 6) is -3.27. The summed E-state index contributed by atoms with van der Waals surface area (Å²) in [7, 11) is 0. The van der Waals surface area contributed by atoms with E-state index < -0.39 is 35.3 Å². The lowest BCUT2D eigenvalue weighted by Gasteiger charge is -2.19. The quantitative estimate of drug-likeness (QED) is 0.147.